The predicted molar refractivity (Wildman–Crippen MR) is 241 cm³/mol. The van der Waals surface area contributed by atoms with Crippen LogP contribution in [-0.2, 0) is 14.3 Å². The minimum atomic E-state index is -0.667. The molecule has 1 amide bonds. The number of esters is 1. The smallest absolute Gasteiger partial charge is 0.305 e. The SMILES string of the molecule is CCCCCCCCCCCCCCCC(O)C(CO)NC(=O)CCCCCCCCCCCCCCCCCOC(=O)CCCCCCCCCCCCC. The molecule has 0 aromatic rings. The van der Waals surface area contributed by atoms with Gasteiger partial charge in [-0.05, 0) is 25.7 Å². The Morgan fingerprint density at radius 2 is 0.732 bits per heavy atom. The number of ether oxygens (including phenoxy) is 1. The highest BCUT2D eigenvalue weighted by molar-refractivity contribution is 5.76. The molecule has 0 aliphatic heterocycles. The van der Waals surface area contributed by atoms with Crippen LogP contribution < -0.4 is 5.32 Å². The molecule has 3 N–H and O–H groups in total. The summed E-state index contributed by atoms with van der Waals surface area (Å²) in [6.45, 7) is 4.94. The molecule has 0 rings (SSSR count). The Morgan fingerprint density at radius 1 is 0.429 bits per heavy atom. The average Bonchev–Trinajstić information content (AvgIpc) is 3.20. The molecular weight excluding hydrogens is 695 g/mol. The van der Waals surface area contributed by atoms with E-state index in [1.807, 2.05) is 0 Å². The second kappa shape index (κ2) is 46.5. The molecule has 0 heterocycles. The zero-order valence-corrected chi connectivity index (χ0v) is 37.9. The monoisotopic (exact) mass is 794 g/mol. The van der Waals surface area contributed by atoms with Crippen LogP contribution in [0.2, 0.25) is 0 Å². The van der Waals surface area contributed by atoms with E-state index >= 15 is 0 Å². The summed E-state index contributed by atoms with van der Waals surface area (Å²) in [5.41, 5.74) is 0. The molecule has 6 nitrogen and oxygen atoms in total. The number of rotatable bonds is 47. The molecule has 2 atom stereocenters. The molecule has 0 aliphatic rings. The Labute approximate surface area is 349 Å². The van der Waals surface area contributed by atoms with E-state index in [1.165, 1.54) is 205 Å². The molecule has 334 valence electrons. The summed E-state index contributed by atoms with van der Waals surface area (Å²) in [6.07, 6.45) is 50.6. The second-order valence-corrected chi connectivity index (χ2v) is 17.5. The van der Waals surface area contributed by atoms with Crippen LogP contribution in [0, 0.1) is 0 Å². The van der Waals surface area contributed by atoms with Crippen LogP contribution in [0.5, 0.6) is 0 Å². The van der Waals surface area contributed by atoms with Gasteiger partial charge in [-0.2, -0.15) is 0 Å². The molecule has 6 heteroatoms. The van der Waals surface area contributed by atoms with E-state index < -0.39 is 12.1 Å². The predicted octanol–water partition coefficient (Wildman–Crippen LogP) is 14.8. The number of hydrogen-bond donors (Lipinski definition) is 3. The number of aliphatic hydroxyl groups is 2. The summed E-state index contributed by atoms with van der Waals surface area (Å²) < 4.78 is 5.45. The molecule has 0 fully saturated rings. The third-order valence-electron chi connectivity index (χ3n) is 11.9. The zero-order valence-electron chi connectivity index (χ0n) is 37.9. The number of aliphatic hydroxyl groups excluding tert-OH is 2. The minimum absolute atomic E-state index is 0.000746. The topological polar surface area (TPSA) is 95.9 Å². The van der Waals surface area contributed by atoms with Crippen LogP contribution in [0.3, 0.4) is 0 Å². The molecule has 0 aromatic heterocycles. The molecule has 56 heavy (non-hydrogen) atoms. The summed E-state index contributed by atoms with van der Waals surface area (Å²) in [5, 5.41) is 23.2. The Hall–Kier alpha value is -1.14. The first-order valence-corrected chi connectivity index (χ1v) is 25.3. The van der Waals surface area contributed by atoms with Gasteiger partial charge in [0.1, 0.15) is 0 Å². The Kier molecular flexibility index (Phi) is 45.6. The van der Waals surface area contributed by atoms with Crippen LogP contribution in [0.4, 0.5) is 0 Å². The lowest BCUT2D eigenvalue weighted by atomic mass is 10.0. The highest BCUT2D eigenvalue weighted by atomic mass is 16.5. The Balaban J connectivity index is 3.42. The van der Waals surface area contributed by atoms with Crippen molar-refractivity contribution in [2.24, 2.45) is 0 Å². The Bertz CT molecular complexity index is 791. The fraction of sp³-hybridized carbons (Fsp3) is 0.960. The van der Waals surface area contributed by atoms with E-state index in [2.05, 4.69) is 19.2 Å². The van der Waals surface area contributed by atoms with Gasteiger partial charge in [-0.15, -0.1) is 0 Å². The van der Waals surface area contributed by atoms with Crippen LogP contribution in [-0.4, -0.2) is 47.4 Å². The third kappa shape index (κ3) is 42.5. The van der Waals surface area contributed by atoms with Gasteiger partial charge in [-0.1, -0.05) is 245 Å². The van der Waals surface area contributed by atoms with Crippen molar-refractivity contribution in [2.45, 2.75) is 296 Å². The first kappa shape index (κ1) is 54.9. The number of carbonyl (C=O) groups is 2. The van der Waals surface area contributed by atoms with Gasteiger partial charge in [-0.25, -0.2) is 0 Å². The highest BCUT2D eigenvalue weighted by Gasteiger charge is 2.20. The van der Waals surface area contributed by atoms with Crippen molar-refractivity contribution in [1.29, 1.82) is 0 Å². The number of unbranched alkanes of at least 4 members (excludes halogenated alkanes) is 36. The van der Waals surface area contributed by atoms with Crippen molar-refractivity contribution >= 4 is 11.9 Å². The van der Waals surface area contributed by atoms with Gasteiger partial charge in [-0.3, -0.25) is 9.59 Å². The van der Waals surface area contributed by atoms with Crippen LogP contribution in [0.1, 0.15) is 284 Å². The maximum absolute atomic E-state index is 12.4. The van der Waals surface area contributed by atoms with Gasteiger partial charge in [0.05, 0.1) is 25.4 Å². The van der Waals surface area contributed by atoms with Crippen LogP contribution >= 0.6 is 0 Å². The van der Waals surface area contributed by atoms with Crippen molar-refractivity contribution in [2.75, 3.05) is 13.2 Å². The quantitative estimate of drug-likeness (QED) is 0.0421. The van der Waals surface area contributed by atoms with Crippen molar-refractivity contribution in [3.05, 3.63) is 0 Å². The number of amides is 1. The van der Waals surface area contributed by atoms with E-state index in [-0.39, 0.29) is 18.5 Å². The molecule has 0 bridgehead atoms. The summed E-state index contributed by atoms with van der Waals surface area (Å²) in [5.74, 6) is -0.0417. The van der Waals surface area contributed by atoms with E-state index in [4.69, 9.17) is 4.74 Å². The van der Waals surface area contributed by atoms with E-state index in [0.29, 0.717) is 25.9 Å². The largest absolute Gasteiger partial charge is 0.466 e. The summed E-state index contributed by atoms with van der Waals surface area (Å²) >= 11 is 0. The molecule has 0 aromatic carbocycles. The van der Waals surface area contributed by atoms with Gasteiger partial charge in [0, 0.05) is 12.8 Å². The van der Waals surface area contributed by atoms with Crippen LogP contribution in [0.15, 0.2) is 0 Å². The van der Waals surface area contributed by atoms with Crippen molar-refractivity contribution in [3.63, 3.8) is 0 Å². The van der Waals surface area contributed by atoms with E-state index in [1.54, 1.807) is 0 Å². The molecule has 0 radical (unpaired) electrons. The van der Waals surface area contributed by atoms with Crippen molar-refractivity contribution < 1.29 is 24.5 Å². The molecule has 0 saturated carbocycles. The summed E-state index contributed by atoms with van der Waals surface area (Å²) in [6, 6.07) is -0.545. The van der Waals surface area contributed by atoms with Gasteiger partial charge in [0.25, 0.3) is 0 Å². The summed E-state index contributed by atoms with van der Waals surface area (Å²) in [7, 11) is 0. The Morgan fingerprint density at radius 3 is 1.09 bits per heavy atom. The molecule has 0 saturated heterocycles. The highest BCUT2D eigenvalue weighted by Crippen LogP contribution is 2.17. The maximum Gasteiger partial charge on any atom is 0.305 e. The fourth-order valence-corrected chi connectivity index (χ4v) is 7.99. The summed E-state index contributed by atoms with van der Waals surface area (Å²) in [4.78, 5) is 24.4. The lowest BCUT2D eigenvalue weighted by Crippen LogP contribution is -2.45. The molecule has 2 unspecified atom stereocenters. The first-order valence-electron chi connectivity index (χ1n) is 25.3. The minimum Gasteiger partial charge on any atom is -0.466 e. The van der Waals surface area contributed by atoms with E-state index in [9.17, 15) is 19.8 Å². The van der Waals surface area contributed by atoms with E-state index in [0.717, 1.165) is 44.9 Å². The number of hydrogen-bond acceptors (Lipinski definition) is 5. The van der Waals surface area contributed by atoms with Crippen molar-refractivity contribution in [3.8, 4) is 0 Å². The first-order chi connectivity index (χ1) is 27.5. The second-order valence-electron chi connectivity index (χ2n) is 17.5. The zero-order chi connectivity index (χ0) is 40.8. The molecule has 0 spiro atoms. The lowest BCUT2D eigenvalue weighted by molar-refractivity contribution is -0.143. The number of carbonyl (C=O) groups excluding carboxylic acids is 2. The van der Waals surface area contributed by atoms with Gasteiger partial charge >= 0.3 is 5.97 Å². The standard InChI is InChI=1S/C50H99NO5/c1-3-5-7-9-11-13-15-19-23-26-30-34-38-42-48(53)47(46-52)51-49(54)43-39-35-31-27-24-20-17-16-18-21-25-29-33-37-41-45-56-50(55)44-40-36-32-28-22-14-12-10-8-6-4-2/h47-48,52-53H,3-46H2,1-2H3,(H,51,54). The normalized spacial score (nSPS) is 12.6. The third-order valence-corrected chi connectivity index (χ3v) is 11.9. The van der Waals surface area contributed by atoms with Crippen molar-refractivity contribution in [1.82, 2.24) is 5.32 Å². The van der Waals surface area contributed by atoms with Gasteiger partial charge in [0.2, 0.25) is 5.91 Å². The fourth-order valence-electron chi connectivity index (χ4n) is 7.99. The average molecular weight is 794 g/mol. The molecule has 0 aliphatic carbocycles. The van der Waals surface area contributed by atoms with Crippen LogP contribution in [0.25, 0.3) is 0 Å². The lowest BCUT2D eigenvalue weighted by Gasteiger charge is -2.22. The van der Waals surface area contributed by atoms with Gasteiger partial charge in [0.15, 0.2) is 0 Å². The number of nitrogens with one attached hydrogen (secondary N) is 1. The molecular formula is C50H99NO5. The van der Waals surface area contributed by atoms with Gasteiger partial charge < -0.3 is 20.3 Å². The maximum atomic E-state index is 12.4.